The monoisotopic (exact) mass is 242 g/mol. The Kier molecular flexibility index (Phi) is 5.03. The smallest absolute Gasteiger partial charge is 0.0508 e. The third-order valence-corrected chi connectivity index (χ3v) is 3.21. The summed E-state index contributed by atoms with van der Waals surface area (Å²) in [5.74, 6) is 0. The van der Waals surface area contributed by atoms with Gasteiger partial charge in [-0.15, -0.1) is 0 Å². The average Bonchev–Trinajstić information content (AvgIpc) is 2.39. The molecular formula is C16H22N2. The van der Waals surface area contributed by atoms with Crippen LogP contribution in [0.1, 0.15) is 26.2 Å². The van der Waals surface area contributed by atoms with Gasteiger partial charge < -0.3 is 5.43 Å². The first kappa shape index (κ1) is 12.9. The lowest BCUT2D eigenvalue weighted by Crippen LogP contribution is -2.44. The van der Waals surface area contributed by atoms with Gasteiger partial charge in [-0.3, -0.25) is 0 Å². The maximum atomic E-state index is 3.57. The van der Waals surface area contributed by atoms with Gasteiger partial charge in [0, 0.05) is 18.7 Å². The highest BCUT2D eigenvalue weighted by Crippen LogP contribution is 2.12. The summed E-state index contributed by atoms with van der Waals surface area (Å²) in [4.78, 5) is 0. The minimum absolute atomic E-state index is 0.464. The van der Waals surface area contributed by atoms with Crippen molar-refractivity contribution in [3.8, 4) is 0 Å². The van der Waals surface area contributed by atoms with Gasteiger partial charge in [0.25, 0.3) is 0 Å². The second-order valence-corrected chi connectivity index (χ2v) is 4.54. The highest BCUT2D eigenvalue weighted by molar-refractivity contribution is 5.17. The van der Waals surface area contributed by atoms with E-state index in [9.17, 15) is 0 Å². The van der Waals surface area contributed by atoms with E-state index in [4.69, 9.17) is 0 Å². The highest BCUT2D eigenvalue weighted by Gasteiger charge is 2.14. The molecule has 0 amide bonds. The van der Waals surface area contributed by atoms with E-state index < -0.39 is 0 Å². The van der Waals surface area contributed by atoms with Crippen molar-refractivity contribution >= 4 is 0 Å². The van der Waals surface area contributed by atoms with Crippen LogP contribution >= 0.6 is 0 Å². The van der Waals surface area contributed by atoms with Gasteiger partial charge in [-0.25, -0.2) is 5.01 Å². The SMILES string of the molecule is CCN(N/C1=C\C/C=C\C=C/C1)[C@H]1C=CC=CC1. The lowest BCUT2D eigenvalue weighted by atomic mass is 10.1. The molecule has 2 nitrogen and oxygen atoms in total. The molecule has 0 aromatic carbocycles. The van der Waals surface area contributed by atoms with E-state index in [1.54, 1.807) is 0 Å². The second kappa shape index (κ2) is 7.02. The van der Waals surface area contributed by atoms with Crippen molar-refractivity contribution in [1.29, 1.82) is 0 Å². The molecule has 2 rings (SSSR count). The topological polar surface area (TPSA) is 15.3 Å². The van der Waals surface area contributed by atoms with Crippen LogP contribution in [0.2, 0.25) is 0 Å². The van der Waals surface area contributed by atoms with Crippen LogP contribution in [0.15, 0.2) is 60.4 Å². The van der Waals surface area contributed by atoms with E-state index >= 15 is 0 Å². The number of nitrogens with zero attached hydrogens (tertiary/aromatic N) is 1. The molecule has 96 valence electrons. The number of allylic oxidation sites excluding steroid dienone is 7. The minimum atomic E-state index is 0.464. The average molecular weight is 242 g/mol. The Morgan fingerprint density at radius 3 is 2.78 bits per heavy atom. The number of hydrazine groups is 1. The molecular weight excluding hydrogens is 220 g/mol. The zero-order valence-electron chi connectivity index (χ0n) is 11.0. The van der Waals surface area contributed by atoms with Crippen molar-refractivity contribution in [2.45, 2.75) is 32.2 Å². The molecule has 18 heavy (non-hydrogen) atoms. The van der Waals surface area contributed by atoms with E-state index in [-0.39, 0.29) is 0 Å². The van der Waals surface area contributed by atoms with E-state index in [1.807, 2.05) is 0 Å². The zero-order valence-corrected chi connectivity index (χ0v) is 11.0. The Balaban J connectivity index is 1.97. The Bertz CT molecular complexity index is 399. The molecule has 0 heterocycles. The fraction of sp³-hybridized carbons (Fsp3) is 0.375. The number of hydrogen-bond donors (Lipinski definition) is 1. The predicted molar refractivity (Wildman–Crippen MR) is 77.8 cm³/mol. The van der Waals surface area contributed by atoms with Crippen molar-refractivity contribution in [2.75, 3.05) is 6.54 Å². The van der Waals surface area contributed by atoms with Crippen LogP contribution in [0, 0.1) is 0 Å². The molecule has 0 saturated heterocycles. The molecule has 0 radical (unpaired) electrons. The summed E-state index contributed by atoms with van der Waals surface area (Å²) >= 11 is 0. The van der Waals surface area contributed by atoms with Crippen LogP contribution in [0.5, 0.6) is 0 Å². The van der Waals surface area contributed by atoms with Gasteiger partial charge in [-0.1, -0.05) is 61.6 Å². The van der Waals surface area contributed by atoms with Crippen LogP contribution in [0.4, 0.5) is 0 Å². The molecule has 1 atom stereocenters. The molecule has 0 aliphatic heterocycles. The third kappa shape index (κ3) is 3.74. The first-order valence-electron chi connectivity index (χ1n) is 6.77. The third-order valence-electron chi connectivity index (χ3n) is 3.21. The summed E-state index contributed by atoms with van der Waals surface area (Å²) < 4.78 is 0. The molecule has 2 heteroatoms. The van der Waals surface area contributed by atoms with Gasteiger partial charge in [0.1, 0.15) is 0 Å². The van der Waals surface area contributed by atoms with Gasteiger partial charge in [0.15, 0.2) is 0 Å². The molecule has 0 aromatic heterocycles. The zero-order chi connectivity index (χ0) is 12.6. The maximum absolute atomic E-state index is 3.57. The summed E-state index contributed by atoms with van der Waals surface area (Å²) in [7, 11) is 0. The molecule has 0 aromatic rings. The van der Waals surface area contributed by atoms with Crippen LogP contribution in [0.25, 0.3) is 0 Å². The van der Waals surface area contributed by atoms with Crippen LogP contribution < -0.4 is 5.43 Å². The van der Waals surface area contributed by atoms with Crippen LogP contribution in [-0.2, 0) is 0 Å². The predicted octanol–water partition coefficient (Wildman–Crippen LogP) is 3.49. The number of nitrogens with one attached hydrogen (secondary N) is 1. The molecule has 0 bridgehead atoms. The largest absolute Gasteiger partial charge is 0.322 e. The van der Waals surface area contributed by atoms with Crippen LogP contribution in [-0.4, -0.2) is 17.6 Å². The molecule has 0 unspecified atom stereocenters. The molecule has 0 spiro atoms. The van der Waals surface area contributed by atoms with Gasteiger partial charge in [0.2, 0.25) is 0 Å². The Labute approximate surface area is 110 Å². The minimum Gasteiger partial charge on any atom is -0.322 e. The fourth-order valence-corrected chi connectivity index (χ4v) is 2.20. The van der Waals surface area contributed by atoms with Gasteiger partial charge in [-0.2, -0.15) is 0 Å². The van der Waals surface area contributed by atoms with Gasteiger partial charge in [-0.05, 0) is 12.8 Å². The normalized spacial score (nSPS) is 29.2. The number of likely N-dealkylation sites (N-methyl/N-ethyl adjacent to an activating group) is 1. The standard InChI is InChI=1S/C16H22N2/c1-2-18(16-13-9-6-10-14-16)17-15-11-7-4-3-5-8-12-15/h3-7,9-10,12-13,16-17H,2,8,11,14H2,1H3/b5-3-,7-4-,15-12-/t16-/m0/s1. The number of rotatable bonds is 4. The summed E-state index contributed by atoms with van der Waals surface area (Å²) in [5, 5.41) is 2.31. The second-order valence-electron chi connectivity index (χ2n) is 4.54. The molecule has 1 N–H and O–H groups in total. The summed E-state index contributed by atoms with van der Waals surface area (Å²) in [6.45, 7) is 3.19. The molecule has 2 aliphatic carbocycles. The van der Waals surface area contributed by atoms with Crippen molar-refractivity contribution < 1.29 is 0 Å². The van der Waals surface area contributed by atoms with E-state index in [2.05, 4.69) is 72.0 Å². The summed E-state index contributed by atoms with van der Waals surface area (Å²) in [6, 6.07) is 0.464. The van der Waals surface area contributed by atoms with Crippen molar-refractivity contribution in [3.05, 3.63) is 60.4 Å². The van der Waals surface area contributed by atoms with Gasteiger partial charge >= 0.3 is 0 Å². The first-order chi connectivity index (χ1) is 8.90. The van der Waals surface area contributed by atoms with E-state index in [0.29, 0.717) is 6.04 Å². The van der Waals surface area contributed by atoms with Crippen molar-refractivity contribution in [2.24, 2.45) is 0 Å². The Morgan fingerprint density at radius 2 is 2.00 bits per heavy atom. The van der Waals surface area contributed by atoms with Crippen LogP contribution in [0.3, 0.4) is 0 Å². The fourth-order valence-electron chi connectivity index (χ4n) is 2.20. The quantitative estimate of drug-likeness (QED) is 0.759. The number of hydrogen-bond acceptors (Lipinski definition) is 2. The molecule has 2 aliphatic rings. The van der Waals surface area contributed by atoms with Crippen molar-refractivity contribution in [3.63, 3.8) is 0 Å². The lowest BCUT2D eigenvalue weighted by molar-refractivity contribution is 0.179. The van der Waals surface area contributed by atoms with Crippen molar-refractivity contribution in [1.82, 2.24) is 10.4 Å². The van der Waals surface area contributed by atoms with Gasteiger partial charge in [0.05, 0.1) is 6.04 Å². The first-order valence-corrected chi connectivity index (χ1v) is 6.77. The Morgan fingerprint density at radius 1 is 1.17 bits per heavy atom. The Hall–Kier alpha value is -1.54. The van der Waals surface area contributed by atoms with E-state index in [1.165, 1.54) is 5.70 Å². The van der Waals surface area contributed by atoms with E-state index in [0.717, 1.165) is 25.8 Å². The molecule has 0 saturated carbocycles. The highest BCUT2D eigenvalue weighted by atomic mass is 15.5. The summed E-state index contributed by atoms with van der Waals surface area (Å²) in [5.41, 5.74) is 4.86. The molecule has 0 fully saturated rings. The summed E-state index contributed by atoms with van der Waals surface area (Å²) in [6.07, 6.45) is 22.7. The lowest BCUT2D eigenvalue weighted by Gasteiger charge is -2.31. The maximum Gasteiger partial charge on any atom is 0.0508 e.